The molecule has 0 aliphatic carbocycles. The van der Waals surface area contributed by atoms with E-state index < -0.39 is 11.7 Å². The summed E-state index contributed by atoms with van der Waals surface area (Å²) < 4.78 is 45.8. The molecule has 2 aromatic rings. The van der Waals surface area contributed by atoms with Gasteiger partial charge in [0.15, 0.2) is 0 Å². The van der Waals surface area contributed by atoms with Crippen LogP contribution in [0.3, 0.4) is 0 Å². The molecule has 108 valence electrons. The SMILES string of the molecule is Cc1cn(C(C)C)c(Oc2ccccc2C(F)(F)F)n1. The van der Waals surface area contributed by atoms with Crippen molar-refractivity contribution in [1.29, 1.82) is 0 Å². The van der Waals surface area contributed by atoms with Crippen LogP contribution in [0.15, 0.2) is 30.5 Å². The number of halogens is 3. The molecule has 1 aromatic carbocycles. The summed E-state index contributed by atoms with van der Waals surface area (Å²) >= 11 is 0. The number of alkyl halides is 3. The van der Waals surface area contributed by atoms with Gasteiger partial charge in [-0.25, -0.2) is 4.98 Å². The van der Waals surface area contributed by atoms with Gasteiger partial charge in [-0.05, 0) is 32.9 Å². The summed E-state index contributed by atoms with van der Waals surface area (Å²) in [6.45, 7) is 5.58. The molecule has 20 heavy (non-hydrogen) atoms. The first-order valence-corrected chi connectivity index (χ1v) is 6.18. The van der Waals surface area contributed by atoms with Crippen LogP contribution in [0.25, 0.3) is 0 Å². The molecular formula is C14H15F3N2O. The van der Waals surface area contributed by atoms with Crippen LogP contribution >= 0.6 is 0 Å². The van der Waals surface area contributed by atoms with E-state index >= 15 is 0 Å². The zero-order chi connectivity index (χ0) is 14.9. The molecule has 1 heterocycles. The summed E-state index contributed by atoms with van der Waals surface area (Å²) in [4.78, 5) is 4.12. The minimum Gasteiger partial charge on any atom is -0.425 e. The van der Waals surface area contributed by atoms with Crippen LogP contribution in [0.1, 0.15) is 31.1 Å². The number of ether oxygens (including phenoxy) is 1. The Morgan fingerprint density at radius 3 is 2.45 bits per heavy atom. The highest BCUT2D eigenvalue weighted by molar-refractivity contribution is 5.37. The zero-order valence-corrected chi connectivity index (χ0v) is 11.4. The number of nitrogens with zero attached hydrogens (tertiary/aromatic N) is 2. The van der Waals surface area contributed by atoms with Crippen LogP contribution in [0, 0.1) is 6.92 Å². The largest absolute Gasteiger partial charge is 0.425 e. The first-order valence-electron chi connectivity index (χ1n) is 6.18. The number of benzene rings is 1. The van der Waals surface area contributed by atoms with Crippen molar-refractivity contribution in [1.82, 2.24) is 9.55 Å². The normalized spacial score (nSPS) is 11.9. The highest BCUT2D eigenvalue weighted by atomic mass is 19.4. The van der Waals surface area contributed by atoms with Gasteiger partial charge in [0.05, 0.1) is 11.3 Å². The second-order valence-corrected chi connectivity index (χ2v) is 4.76. The van der Waals surface area contributed by atoms with Gasteiger partial charge < -0.3 is 4.74 Å². The molecule has 0 spiro atoms. The van der Waals surface area contributed by atoms with Crippen LogP contribution in [0.5, 0.6) is 11.8 Å². The second kappa shape index (κ2) is 5.19. The van der Waals surface area contributed by atoms with E-state index in [9.17, 15) is 13.2 Å². The van der Waals surface area contributed by atoms with Gasteiger partial charge in [0.1, 0.15) is 5.75 Å². The first kappa shape index (κ1) is 14.4. The molecule has 3 nitrogen and oxygen atoms in total. The lowest BCUT2D eigenvalue weighted by atomic mass is 10.2. The molecule has 1 aromatic heterocycles. The Morgan fingerprint density at radius 2 is 1.85 bits per heavy atom. The van der Waals surface area contributed by atoms with Crippen molar-refractivity contribution in [2.75, 3.05) is 0 Å². The summed E-state index contributed by atoms with van der Waals surface area (Å²) in [6, 6.07) is 5.32. The molecule has 2 rings (SSSR count). The maximum absolute atomic E-state index is 12.9. The number of para-hydroxylation sites is 1. The smallest absolute Gasteiger partial charge is 0.419 e. The maximum atomic E-state index is 12.9. The van der Waals surface area contributed by atoms with Gasteiger partial charge >= 0.3 is 12.2 Å². The van der Waals surface area contributed by atoms with Gasteiger partial charge in [0.2, 0.25) is 0 Å². The Morgan fingerprint density at radius 1 is 1.20 bits per heavy atom. The Kier molecular flexibility index (Phi) is 3.74. The number of hydrogen-bond donors (Lipinski definition) is 0. The molecule has 0 saturated heterocycles. The summed E-state index contributed by atoms with van der Waals surface area (Å²) in [5.74, 6) is -0.243. The monoisotopic (exact) mass is 284 g/mol. The highest BCUT2D eigenvalue weighted by Crippen LogP contribution is 2.37. The van der Waals surface area contributed by atoms with Gasteiger partial charge in [-0.1, -0.05) is 12.1 Å². The van der Waals surface area contributed by atoms with E-state index in [4.69, 9.17) is 4.74 Å². The van der Waals surface area contributed by atoms with Gasteiger partial charge in [0, 0.05) is 12.2 Å². The van der Waals surface area contributed by atoms with Crippen molar-refractivity contribution in [2.45, 2.75) is 33.0 Å². The van der Waals surface area contributed by atoms with E-state index in [1.807, 2.05) is 13.8 Å². The molecule has 6 heteroatoms. The van der Waals surface area contributed by atoms with E-state index in [0.29, 0.717) is 5.69 Å². The Bertz CT molecular complexity index is 603. The summed E-state index contributed by atoms with van der Waals surface area (Å²) in [5.41, 5.74) is -0.117. The number of rotatable bonds is 3. The number of aryl methyl sites for hydroxylation is 1. The molecular weight excluding hydrogens is 269 g/mol. The molecule has 0 unspecified atom stereocenters. The van der Waals surface area contributed by atoms with Crippen molar-refractivity contribution in [2.24, 2.45) is 0 Å². The van der Waals surface area contributed by atoms with Crippen LogP contribution in [0.2, 0.25) is 0 Å². The van der Waals surface area contributed by atoms with E-state index in [1.165, 1.54) is 18.2 Å². The maximum Gasteiger partial charge on any atom is 0.419 e. The van der Waals surface area contributed by atoms with Gasteiger partial charge in [-0.15, -0.1) is 0 Å². The minimum atomic E-state index is -4.46. The van der Waals surface area contributed by atoms with E-state index in [0.717, 1.165) is 6.07 Å². The Balaban J connectivity index is 2.41. The molecule has 0 fully saturated rings. The quantitative estimate of drug-likeness (QED) is 0.824. The highest BCUT2D eigenvalue weighted by Gasteiger charge is 2.34. The molecule has 0 atom stereocenters. The lowest BCUT2D eigenvalue weighted by Crippen LogP contribution is -2.08. The lowest BCUT2D eigenvalue weighted by Gasteiger charge is -2.15. The molecule has 0 radical (unpaired) electrons. The fourth-order valence-corrected chi connectivity index (χ4v) is 1.83. The van der Waals surface area contributed by atoms with E-state index in [2.05, 4.69) is 4.98 Å². The van der Waals surface area contributed by atoms with Crippen molar-refractivity contribution < 1.29 is 17.9 Å². The van der Waals surface area contributed by atoms with Crippen molar-refractivity contribution in [3.63, 3.8) is 0 Å². The van der Waals surface area contributed by atoms with Crippen LogP contribution in [-0.4, -0.2) is 9.55 Å². The third-order valence-electron chi connectivity index (χ3n) is 2.77. The summed E-state index contributed by atoms with van der Waals surface area (Å²) in [5, 5.41) is 0. The summed E-state index contributed by atoms with van der Waals surface area (Å²) in [6.07, 6.45) is -2.71. The standard InChI is InChI=1S/C14H15F3N2O/c1-9(2)19-8-10(3)18-13(19)20-12-7-5-4-6-11(12)14(15,16)17/h4-9H,1-3H3. The third-order valence-corrected chi connectivity index (χ3v) is 2.77. The third kappa shape index (κ3) is 2.95. The molecule has 0 aliphatic rings. The Labute approximate surface area is 115 Å². The number of aromatic nitrogens is 2. The molecule has 0 amide bonds. The van der Waals surface area contributed by atoms with Crippen molar-refractivity contribution in [3.05, 3.63) is 41.7 Å². The summed E-state index contributed by atoms with van der Waals surface area (Å²) in [7, 11) is 0. The fraction of sp³-hybridized carbons (Fsp3) is 0.357. The fourth-order valence-electron chi connectivity index (χ4n) is 1.83. The predicted octanol–water partition coefficient (Wildman–Crippen LogP) is 4.58. The molecule has 0 saturated carbocycles. The van der Waals surface area contributed by atoms with E-state index in [1.54, 1.807) is 17.7 Å². The lowest BCUT2D eigenvalue weighted by molar-refractivity contribution is -0.138. The van der Waals surface area contributed by atoms with Gasteiger partial charge in [-0.3, -0.25) is 4.57 Å². The predicted molar refractivity (Wildman–Crippen MR) is 68.9 cm³/mol. The zero-order valence-electron chi connectivity index (χ0n) is 11.4. The van der Waals surface area contributed by atoms with Crippen LogP contribution in [-0.2, 0) is 6.18 Å². The van der Waals surface area contributed by atoms with Crippen molar-refractivity contribution in [3.8, 4) is 11.8 Å². The average molecular weight is 284 g/mol. The molecule has 0 aliphatic heterocycles. The topological polar surface area (TPSA) is 27.1 Å². The van der Waals surface area contributed by atoms with Crippen molar-refractivity contribution >= 4 is 0 Å². The molecule has 0 bridgehead atoms. The van der Waals surface area contributed by atoms with Gasteiger partial charge in [0.25, 0.3) is 0 Å². The second-order valence-electron chi connectivity index (χ2n) is 4.76. The number of imidazole rings is 1. The minimum absolute atomic E-state index is 0.0456. The van der Waals surface area contributed by atoms with Gasteiger partial charge in [-0.2, -0.15) is 13.2 Å². The number of hydrogen-bond acceptors (Lipinski definition) is 2. The van der Waals surface area contributed by atoms with Crippen LogP contribution in [0.4, 0.5) is 13.2 Å². The van der Waals surface area contributed by atoms with E-state index in [-0.39, 0.29) is 17.8 Å². The molecule has 0 N–H and O–H groups in total. The Hall–Kier alpha value is -1.98. The average Bonchev–Trinajstić information content (AvgIpc) is 2.70. The first-order chi connectivity index (χ1) is 9.29. The van der Waals surface area contributed by atoms with Crippen LogP contribution < -0.4 is 4.74 Å².